The molecule has 2 atom stereocenters. The summed E-state index contributed by atoms with van der Waals surface area (Å²) in [6.45, 7) is 2.44. The van der Waals surface area contributed by atoms with Crippen molar-refractivity contribution in [2.75, 3.05) is 6.54 Å². The van der Waals surface area contributed by atoms with E-state index in [0.29, 0.717) is 24.9 Å². The number of aryl methyl sites for hydroxylation is 1. The molecule has 0 spiro atoms. The van der Waals surface area contributed by atoms with Crippen LogP contribution in [0.3, 0.4) is 0 Å². The van der Waals surface area contributed by atoms with Crippen molar-refractivity contribution in [1.82, 2.24) is 4.90 Å². The zero-order chi connectivity index (χ0) is 18.9. The molecule has 1 aliphatic rings. The van der Waals surface area contributed by atoms with Gasteiger partial charge in [-0.15, -0.1) is 0 Å². The fourth-order valence-electron chi connectivity index (χ4n) is 3.66. The summed E-state index contributed by atoms with van der Waals surface area (Å²) >= 11 is 0. The van der Waals surface area contributed by atoms with Gasteiger partial charge < -0.3 is 5.11 Å². The number of nitrogens with zero attached hydrogens (tertiary/aromatic N) is 1. The third-order valence-electron chi connectivity index (χ3n) is 4.80. The van der Waals surface area contributed by atoms with E-state index in [4.69, 9.17) is 0 Å². The van der Waals surface area contributed by atoms with Crippen LogP contribution < -0.4 is 0 Å². The Kier molecular flexibility index (Phi) is 5.05. The summed E-state index contributed by atoms with van der Waals surface area (Å²) in [7, 11) is 0. The Hall–Kier alpha value is -2.34. The van der Waals surface area contributed by atoms with E-state index in [1.807, 2.05) is 31.2 Å². The van der Waals surface area contributed by atoms with Crippen LogP contribution in [0.5, 0.6) is 0 Å². The molecule has 0 radical (unpaired) electrons. The second kappa shape index (κ2) is 7.11. The third kappa shape index (κ3) is 3.75. The van der Waals surface area contributed by atoms with Crippen molar-refractivity contribution in [3.8, 4) is 0 Å². The van der Waals surface area contributed by atoms with Crippen LogP contribution in [0, 0.1) is 6.92 Å². The maximum atomic E-state index is 13.2. The lowest BCUT2D eigenvalue weighted by Gasteiger charge is -2.32. The summed E-state index contributed by atoms with van der Waals surface area (Å²) in [5, 5.41) is 9.54. The Labute approximate surface area is 150 Å². The number of carboxylic acids is 1. The number of carboxylic acid groups (broad SMARTS) is 1. The van der Waals surface area contributed by atoms with E-state index in [-0.39, 0.29) is 0 Å². The first kappa shape index (κ1) is 18.5. The molecule has 2 aromatic rings. The Balaban J connectivity index is 2.11. The molecule has 1 N–H and O–H groups in total. The van der Waals surface area contributed by atoms with Gasteiger partial charge >= 0.3 is 12.1 Å². The first-order chi connectivity index (χ1) is 12.3. The number of hydrogen-bond acceptors (Lipinski definition) is 2. The van der Waals surface area contributed by atoms with E-state index in [9.17, 15) is 23.1 Å². The van der Waals surface area contributed by atoms with Crippen LogP contribution in [0.4, 0.5) is 13.2 Å². The normalized spacial score (nSPS) is 19.5. The maximum Gasteiger partial charge on any atom is 0.416 e. The van der Waals surface area contributed by atoms with Gasteiger partial charge in [-0.2, -0.15) is 13.2 Å². The molecule has 0 aliphatic carbocycles. The maximum absolute atomic E-state index is 13.2. The topological polar surface area (TPSA) is 40.5 Å². The van der Waals surface area contributed by atoms with Gasteiger partial charge in [0.1, 0.15) is 6.04 Å². The van der Waals surface area contributed by atoms with Crippen LogP contribution in [0.2, 0.25) is 0 Å². The molecule has 0 aromatic heterocycles. The number of carbonyl (C=O) groups is 1. The van der Waals surface area contributed by atoms with Crippen LogP contribution in [0.25, 0.3) is 0 Å². The number of halogens is 3. The van der Waals surface area contributed by atoms with Crippen LogP contribution in [0.15, 0.2) is 48.5 Å². The Bertz CT molecular complexity index is 804. The van der Waals surface area contributed by atoms with E-state index < -0.39 is 29.8 Å². The molecule has 2 aromatic carbocycles. The summed E-state index contributed by atoms with van der Waals surface area (Å²) < 4.78 is 39.5. The quantitative estimate of drug-likeness (QED) is 0.859. The highest BCUT2D eigenvalue weighted by Gasteiger charge is 2.38. The first-order valence-corrected chi connectivity index (χ1v) is 8.49. The van der Waals surface area contributed by atoms with E-state index >= 15 is 0 Å². The second-order valence-electron chi connectivity index (χ2n) is 6.67. The van der Waals surface area contributed by atoms with E-state index in [1.165, 1.54) is 6.07 Å². The van der Waals surface area contributed by atoms with Gasteiger partial charge in [-0.3, -0.25) is 9.69 Å². The molecule has 0 amide bonds. The first-order valence-electron chi connectivity index (χ1n) is 8.49. The van der Waals surface area contributed by atoms with E-state index in [1.54, 1.807) is 11.0 Å². The monoisotopic (exact) mass is 363 g/mol. The summed E-state index contributed by atoms with van der Waals surface area (Å²) in [5.41, 5.74) is 1.51. The lowest BCUT2D eigenvalue weighted by atomic mass is 9.94. The second-order valence-corrected chi connectivity index (χ2v) is 6.67. The summed E-state index contributed by atoms with van der Waals surface area (Å²) in [5.74, 6) is -0.938. The number of rotatable bonds is 4. The zero-order valence-corrected chi connectivity index (χ0v) is 14.3. The number of likely N-dealkylation sites (tertiary alicyclic amines) is 1. The number of alkyl halides is 3. The van der Waals surface area contributed by atoms with Crippen molar-refractivity contribution < 1.29 is 23.1 Å². The van der Waals surface area contributed by atoms with Crippen LogP contribution in [0.1, 0.15) is 41.1 Å². The van der Waals surface area contributed by atoms with Crippen molar-refractivity contribution in [2.24, 2.45) is 0 Å². The average molecular weight is 363 g/mol. The molecule has 3 nitrogen and oxygen atoms in total. The predicted octanol–water partition coefficient (Wildman–Crippen LogP) is 4.65. The van der Waals surface area contributed by atoms with Crippen molar-refractivity contribution in [1.29, 1.82) is 0 Å². The molecule has 1 fully saturated rings. The summed E-state index contributed by atoms with van der Waals surface area (Å²) in [4.78, 5) is 13.4. The number of hydrogen-bond donors (Lipinski definition) is 1. The minimum atomic E-state index is -4.44. The molecule has 2 unspecified atom stereocenters. The third-order valence-corrected chi connectivity index (χ3v) is 4.80. The number of aliphatic carboxylic acids is 1. The summed E-state index contributed by atoms with van der Waals surface area (Å²) in [6.07, 6.45) is -3.24. The highest BCUT2D eigenvalue weighted by atomic mass is 19.4. The largest absolute Gasteiger partial charge is 0.480 e. The highest BCUT2D eigenvalue weighted by molar-refractivity contribution is 5.74. The van der Waals surface area contributed by atoms with E-state index in [2.05, 4.69) is 0 Å². The Morgan fingerprint density at radius 3 is 2.42 bits per heavy atom. The molecule has 1 heterocycles. The van der Waals surface area contributed by atoms with Crippen molar-refractivity contribution >= 4 is 5.97 Å². The van der Waals surface area contributed by atoms with Gasteiger partial charge in [0.2, 0.25) is 0 Å². The minimum absolute atomic E-state index is 0.457. The molecule has 138 valence electrons. The van der Waals surface area contributed by atoms with Gasteiger partial charge in [0.25, 0.3) is 0 Å². The van der Waals surface area contributed by atoms with E-state index in [0.717, 1.165) is 23.3 Å². The average Bonchev–Trinajstić information content (AvgIpc) is 3.04. The van der Waals surface area contributed by atoms with Gasteiger partial charge in [-0.25, -0.2) is 0 Å². The molecule has 3 rings (SSSR count). The Morgan fingerprint density at radius 1 is 1.15 bits per heavy atom. The fraction of sp³-hybridized carbons (Fsp3) is 0.350. The standard InChI is InChI=1S/C20H20F3NO2/c1-13-5-2-6-14(11-13)18(24-10-4-9-17(24)19(25)26)15-7-3-8-16(12-15)20(21,22)23/h2-3,5-8,11-12,17-18H,4,9-10H2,1H3,(H,25,26). The molecular formula is C20H20F3NO2. The molecular weight excluding hydrogens is 343 g/mol. The molecule has 0 saturated carbocycles. The van der Waals surface area contributed by atoms with Crippen LogP contribution in [-0.4, -0.2) is 28.6 Å². The molecule has 26 heavy (non-hydrogen) atoms. The number of benzene rings is 2. The van der Waals surface area contributed by atoms with Crippen LogP contribution in [-0.2, 0) is 11.0 Å². The smallest absolute Gasteiger partial charge is 0.416 e. The minimum Gasteiger partial charge on any atom is -0.480 e. The van der Waals surface area contributed by atoms with Crippen molar-refractivity contribution in [3.63, 3.8) is 0 Å². The van der Waals surface area contributed by atoms with Gasteiger partial charge in [0.05, 0.1) is 11.6 Å². The van der Waals surface area contributed by atoms with Crippen molar-refractivity contribution in [2.45, 2.75) is 38.0 Å². The predicted molar refractivity (Wildman–Crippen MR) is 91.8 cm³/mol. The van der Waals surface area contributed by atoms with Gasteiger partial charge in [-0.1, -0.05) is 42.0 Å². The Morgan fingerprint density at radius 2 is 1.81 bits per heavy atom. The van der Waals surface area contributed by atoms with Gasteiger partial charge in [0.15, 0.2) is 0 Å². The lowest BCUT2D eigenvalue weighted by Crippen LogP contribution is -2.39. The summed E-state index contributed by atoms with van der Waals surface area (Å²) in [6, 6.07) is 11.5. The van der Waals surface area contributed by atoms with Crippen molar-refractivity contribution in [3.05, 3.63) is 70.8 Å². The molecule has 1 aliphatic heterocycles. The highest BCUT2D eigenvalue weighted by Crippen LogP contribution is 2.37. The van der Waals surface area contributed by atoms with Gasteiger partial charge in [0, 0.05) is 6.54 Å². The fourth-order valence-corrected chi connectivity index (χ4v) is 3.66. The lowest BCUT2D eigenvalue weighted by molar-refractivity contribution is -0.143. The molecule has 6 heteroatoms. The SMILES string of the molecule is Cc1cccc(C(c2cccc(C(F)(F)F)c2)N2CCCC2C(=O)O)c1. The molecule has 1 saturated heterocycles. The molecule has 0 bridgehead atoms. The zero-order valence-electron chi connectivity index (χ0n) is 14.3. The van der Waals surface area contributed by atoms with Crippen LogP contribution >= 0.6 is 0 Å². The van der Waals surface area contributed by atoms with Gasteiger partial charge in [-0.05, 0) is 43.0 Å².